The molecule has 30 heavy (non-hydrogen) atoms. The molecule has 0 saturated heterocycles. The van der Waals surface area contributed by atoms with E-state index in [-0.39, 0.29) is 5.91 Å². The Kier molecular flexibility index (Phi) is 6.16. The maximum Gasteiger partial charge on any atom is 0.251 e. The number of hydrogen-bond donors (Lipinski definition) is 2. The van der Waals surface area contributed by atoms with Crippen LogP contribution in [-0.4, -0.2) is 10.9 Å². The summed E-state index contributed by atoms with van der Waals surface area (Å²) >= 11 is 6.11. The van der Waals surface area contributed by atoms with Gasteiger partial charge in [0.1, 0.15) is 0 Å². The second-order valence-electron chi connectivity index (χ2n) is 8.03. The molecule has 1 aliphatic carbocycles. The number of aryl methyl sites for hydroxylation is 1. The van der Waals surface area contributed by atoms with E-state index >= 15 is 0 Å². The topological polar surface area (TPSA) is 68.0 Å². The first-order valence-corrected chi connectivity index (χ1v) is 10.7. The monoisotopic (exact) mass is 419 g/mol. The highest BCUT2D eigenvalue weighted by Gasteiger charge is 2.23. The van der Waals surface area contributed by atoms with Crippen LogP contribution in [0.25, 0.3) is 11.1 Å². The van der Waals surface area contributed by atoms with Gasteiger partial charge in [0, 0.05) is 41.1 Å². The SMILES string of the molecule is Cc1cc(C(=O)NCc2cc(Cl)ccc2CN)cc(-c2cccnc2CC2CC2)c1. The van der Waals surface area contributed by atoms with Gasteiger partial charge in [-0.15, -0.1) is 0 Å². The molecule has 1 saturated carbocycles. The number of nitrogens with zero attached hydrogens (tertiary/aromatic N) is 1. The van der Waals surface area contributed by atoms with Crippen molar-refractivity contribution >= 4 is 17.5 Å². The maximum absolute atomic E-state index is 12.9. The number of nitrogens with two attached hydrogens (primary N) is 1. The Morgan fingerprint density at radius 2 is 2.00 bits per heavy atom. The van der Waals surface area contributed by atoms with Crippen LogP contribution in [0.5, 0.6) is 0 Å². The molecule has 0 atom stereocenters. The number of benzene rings is 2. The van der Waals surface area contributed by atoms with Crippen LogP contribution in [0.3, 0.4) is 0 Å². The van der Waals surface area contributed by atoms with Crippen LogP contribution in [0.1, 0.15) is 45.6 Å². The van der Waals surface area contributed by atoms with Crippen molar-refractivity contribution in [2.75, 3.05) is 0 Å². The Morgan fingerprint density at radius 3 is 2.77 bits per heavy atom. The summed E-state index contributed by atoms with van der Waals surface area (Å²) in [5, 5.41) is 3.64. The number of aromatic nitrogens is 1. The molecule has 0 aliphatic heterocycles. The fourth-order valence-electron chi connectivity index (χ4n) is 3.76. The van der Waals surface area contributed by atoms with Crippen molar-refractivity contribution in [2.45, 2.75) is 39.3 Å². The van der Waals surface area contributed by atoms with E-state index in [0.29, 0.717) is 23.7 Å². The van der Waals surface area contributed by atoms with Crippen molar-refractivity contribution in [1.29, 1.82) is 0 Å². The highest BCUT2D eigenvalue weighted by Crippen LogP contribution is 2.35. The van der Waals surface area contributed by atoms with Gasteiger partial charge in [-0.2, -0.15) is 0 Å². The van der Waals surface area contributed by atoms with Crippen LogP contribution < -0.4 is 11.1 Å². The summed E-state index contributed by atoms with van der Waals surface area (Å²) < 4.78 is 0. The zero-order valence-electron chi connectivity index (χ0n) is 17.1. The number of carbonyl (C=O) groups excluding carboxylic acids is 1. The second kappa shape index (κ2) is 8.99. The van der Waals surface area contributed by atoms with Crippen LogP contribution >= 0.6 is 11.6 Å². The number of rotatable bonds is 7. The summed E-state index contributed by atoms with van der Waals surface area (Å²) in [6.07, 6.45) is 5.42. The number of amides is 1. The molecule has 1 aromatic heterocycles. The average Bonchev–Trinajstić information content (AvgIpc) is 3.56. The third kappa shape index (κ3) is 4.89. The summed E-state index contributed by atoms with van der Waals surface area (Å²) in [4.78, 5) is 17.5. The molecule has 5 heteroatoms. The summed E-state index contributed by atoms with van der Waals surface area (Å²) in [5.74, 6) is 0.635. The molecule has 4 rings (SSSR count). The molecule has 3 aromatic rings. The minimum Gasteiger partial charge on any atom is -0.348 e. The molecule has 0 unspecified atom stereocenters. The number of pyridine rings is 1. The van der Waals surface area contributed by atoms with Gasteiger partial charge in [-0.05, 0) is 84.7 Å². The van der Waals surface area contributed by atoms with Gasteiger partial charge in [0.2, 0.25) is 0 Å². The standard InChI is InChI=1S/C25H26ClN3O/c1-16-9-19(23-3-2-8-28-24(23)11-17-4-5-17)12-20(10-16)25(30)29-15-21-13-22(26)7-6-18(21)14-27/h2-3,6-10,12-13,17H,4-5,11,14-15,27H2,1H3,(H,29,30). The smallest absolute Gasteiger partial charge is 0.251 e. The zero-order valence-corrected chi connectivity index (χ0v) is 17.9. The van der Waals surface area contributed by atoms with E-state index in [2.05, 4.69) is 22.4 Å². The molecule has 2 aromatic carbocycles. The first-order valence-electron chi connectivity index (χ1n) is 10.3. The van der Waals surface area contributed by atoms with Crippen molar-refractivity contribution in [2.24, 2.45) is 11.7 Å². The number of hydrogen-bond acceptors (Lipinski definition) is 3. The minimum atomic E-state index is -0.115. The Labute approximate surface area is 182 Å². The van der Waals surface area contributed by atoms with Crippen molar-refractivity contribution in [1.82, 2.24) is 10.3 Å². The van der Waals surface area contributed by atoms with E-state index in [4.69, 9.17) is 17.3 Å². The number of nitrogens with one attached hydrogen (secondary N) is 1. The van der Waals surface area contributed by atoms with Crippen LogP contribution in [0.4, 0.5) is 0 Å². The summed E-state index contributed by atoms with van der Waals surface area (Å²) in [7, 11) is 0. The Morgan fingerprint density at radius 1 is 1.17 bits per heavy atom. The van der Waals surface area contributed by atoms with Crippen molar-refractivity contribution in [3.63, 3.8) is 0 Å². The number of halogens is 1. The quantitative estimate of drug-likeness (QED) is 0.563. The highest BCUT2D eigenvalue weighted by molar-refractivity contribution is 6.30. The Balaban J connectivity index is 1.56. The molecule has 3 N–H and O–H groups in total. The van der Waals surface area contributed by atoms with Crippen molar-refractivity contribution < 1.29 is 4.79 Å². The zero-order chi connectivity index (χ0) is 21.1. The lowest BCUT2D eigenvalue weighted by Gasteiger charge is -2.13. The minimum absolute atomic E-state index is 0.115. The Hall–Kier alpha value is -2.69. The largest absolute Gasteiger partial charge is 0.348 e. The summed E-state index contributed by atoms with van der Waals surface area (Å²) in [5.41, 5.74) is 12.7. The fourth-order valence-corrected chi connectivity index (χ4v) is 3.96. The third-order valence-electron chi connectivity index (χ3n) is 5.55. The van der Waals surface area contributed by atoms with Gasteiger partial charge in [0.15, 0.2) is 0 Å². The maximum atomic E-state index is 12.9. The molecule has 4 nitrogen and oxygen atoms in total. The van der Waals surface area contributed by atoms with E-state index in [9.17, 15) is 4.79 Å². The molecule has 0 spiro atoms. The van der Waals surface area contributed by atoms with Gasteiger partial charge in [0.05, 0.1) is 0 Å². The number of carbonyl (C=O) groups is 1. The summed E-state index contributed by atoms with van der Waals surface area (Å²) in [6.45, 7) is 2.80. The average molecular weight is 420 g/mol. The predicted octanol–water partition coefficient (Wildman–Crippen LogP) is 5.05. The predicted molar refractivity (Wildman–Crippen MR) is 121 cm³/mol. The lowest BCUT2D eigenvalue weighted by atomic mass is 9.97. The fraction of sp³-hybridized carbons (Fsp3) is 0.280. The summed E-state index contributed by atoms with van der Waals surface area (Å²) in [6, 6.07) is 15.6. The lowest BCUT2D eigenvalue weighted by molar-refractivity contribution is 0.0951. The van der Waals surface area contributed by atoms with Crippen molar-refractivity contribution in [3.05, 3.63) is 87.7 Å². The van der Waals surface area contributed by atoms with Gasteiger partial charge >= 0.3 is 0 Å². The van der Waals surface area contributed by atoms with Gasteiger partial charge in [-0.1, -0.05) is 29.8 Å². The molecule has 154 valence electrons. The van der Waals surface area contributed by atoms with Gasteiger partial charge < -0.3 is 11.1 Å². The molecule has 1 fully saturated rings. The molecule has 1 heterocycles. The molecule has 1 amide bonds. The molecular formula is C25H26ClN3O. The van der Waals surface area contributed by atoms with Gasteiger partial charge in [0.25, 0.3) is 5.91 Å². The normalized spacial score (nSPS) is 13.3. The molecular weight excluding hydrogens is 394 g/mol. The second-order valence-corrected chi connectivity index (χ2v) is 8.47. The van der Waals surface area contributed by atoms with Crippen LogP contribution in [0.15, 0.2) is 54.7 Å². The van der Waals surface area contributed by atoms with Crippen LogP contribution in [0, 0.1) is 12.8 Å². The highest BCUT2D eigenvalue weighted by atomic mass is 35.5. The van der Waals surface area contributed by atoms with E-state index in [0.717, 1.165) is 45.8 Å². The van der Waals surface area contributed by atoms with Crippen molar-refractivity contribution in [3.8, 4) is 11.1 Å². The first-order chi connectivity index (χ1) is 14.5. The molecule has 0 bridgehead atoms. The van der Waals surface area contributed by atoms with E-state index in [1.54, 1.807) is 0 Å². The molecule has 1 aliphatic rings. The van der Waals surface area contributed by atoms with Gasteiger partial charge in [-0.3, -0.25) is 9.78 Å². The van der Waals surface area contributed by atoms with E-state index < -0.39 is 0 Å². The van der Waals surface area contributed by atoms with E-state index in [1.165, 1.54) is 12.8 Å². The van der Waals surface area contributed by atoms with E-state index in [1.807, 2.05) is 49.5 Å². The van der Waals surface area contributed by atoms with Gasteiger partial charge in [-0.25, -0.2) is 0 Å². The first kappa shape index (κ1) is 20.6. The van der Waals surface area contributed by atoms with Crippen LogP contribution in [0.2, 0.25) is 5.02 Å². The molecule has 0 radical (unpaired) electrons. The van der Waals surface area contributed by atoms with Crippen LogP contribution in [-0.2, 0) is 19.5 Å². The lowest BCUT2D eigenvalue weighted by Crippen LogP contribution is -2.24. The third-order valence-corrected chi connectivity index (χ3v) is 5.78. The Bertz CT molecular complexity index is 1080.